The van der Waals surface area contributed by atoms with Crippen molar-refractivity contribution in [1.82, 2.24) is 0 Å². The highest BCUT2D eigenvalue weighted by molar-refractivity contribution is 7.74. The number of ketones is 1. The summed E-state index contributed by atoms with van der Waals surface area (Å²) in [4.78, 5) is 11.7. The average molecular weight is 256 g/mol. The number of carbonyl (C=O) groups is 1. The molecular formula is C11H12O5S. The van der Waals surface area contributed by atoms with Crippen molar-refractivity contribution in [3.63, 3.8) is 0 Å². The van der Waals surface area contributed by atoms with E-state index in [-0.39, 0.29) is 5.78 Å². The van der Waals surface area contributed by atoms with Crippen LogP contribution in [-0.4, -0.2) is 21.7 Å². The maximum atomic E-state index is 11.7. The van der Waals surface area contributed by atoms with Crippen LogP contribution < -0.4 is 4.74 Å². The first kappa shape index (κ1) is 12.2. The number of fused-ring (bicyclic) bond motifs is 1. The molecule has 0 saturated carbocycles. The van der Waals surface area contributed by atoms with Gasteiger partial charge in [-0.05, 0) is 29.7 Å². The lowest BCUT2D eigenvalue weighted by molar-refractivity contribution is -0.126. The molecule has 0 heterocycles. The van der Waals surface area contributed by atoms with Gasteiger partial charge in [-0.3, -0.25) is 13.5 Å². The van der Waals surface area contributed by atoms with Crippen molar-refractivity contribution in [3.05, 3.63) is 29.3 Å². The van der Waals surface area contributed by atoms with Gasteiger partial charge in [0.25, 0.3) is 0 Å². The standard InChI is InChI=1S/C11H12O5S/c1-15-8-4-2-7-3-5-10(12)11(9(7)6-8)16-17(13)14/h2,4,6,11H,3,5H2,1H3,(H,13,14). The van der Waals surface area contributed by atoms with Crippen LogP contribution >= 0.6 is 0 Å². The lowest BCUT2D eigenvalue weighted by atomic mass is 9.88. The first-order valence-electron chi connectivity index (χ1n) is 5.09. The van der Waals surface area contributed by atoms with Crippen LogP contribution in [0.25, 0.3) is 0 Å². The molecule has 0 aromatic heterocycles. The molecule has 1 aliphatic carbocycles. The van der Waals surface area contributed by atoms with Gasteiger partial charge in [0.15, 0.2) is 11.9 Å². The molecule has 0 spiro atoms. The number of Topliss-reactive ketones (excluding diaryl/α,β-unsaturated/α-hetero) is 1. The Morgan fingerprint density at radius 3 is 2.82 bits per heavy atom. The van der Waals surface area contributed by atoms with Gasteiger partial charge < -0.3 is 4.74 Å². The molecule has 6 heteroatoms. The van der Waals surface area contributed by atoms with E-state index in [1.54, 1.807) is 12.1 Å². The summed E-state index contributed by atoms with van der Waals surface area (Å²) in [6.07, 6.45) is -0.0308. The van der Waals surface area contributed by atoms with Crippen molar-refractivity contribution in [3.8, 4) is 5.75 Å². The predicted octanol–water partition coefficient (Wildman–Crippen LogP) is 1.40. The second kappa shape index (κ2) is 4.95. The summed E-state index contributed by atoms with van der Waals surface area (Å²) >= 11 is -2.46. The minimum absolute atomic E-state index is 0.187. The van der Waals surface area contributed by atoms with E-state index in [9.17, 15) is 9.00 Å². The third kappa shape index (κ3) is 2.54. The van der Waals surface area contributed by atoms with E-state index in [2.05, 4.69) is 0 Å². The van der Waals surface area contributed by atoms with E-state index in [1.807, 2.05) is 6.07 Å². The smallest absolute Gasteiger partial charge is 0.302 e. The fraction of sp³-hybridized carbons (Fsp3) is 0.364. The molecule has 2 rings (SSSR count). The van der Waals surface area contributed by atoms with Gasteiger partial charge in [-0.1, -0.05) is 6.07 Å². The molecule has 17 heavy (non-hydrogen) atoms. The van der Waals surface area contributed by atoms with E-state index in [0.29, 0.717) is 24.2 Å². The van der Waals surface area contributed by atoms with Crippen molar-refractivity contribution in [2.45, 2.75) is 18.9 Å². The number of ether oxygens (including phenoxy) is 1. The molecule has 0 fully saturated rings. The highest BCUT2D eigenvalue weighted by Gasteiger charge is 2.30. The topological polar surface area (TPSA) is 72.8 Å². The van der Waals surface area contributed by atoms with E-state index in [0.717, 1.165) is 5.56 Å². The summed E-state index contributed by atoms with van der Waals surface area (Å²) in [5.74, 6) is 0.406. The molecule has 1 N–H and O–H groups in total. The van der Waals surface area contributed by atoms with Gasteiger partial charge in [0.2, 0.25) is 0 Å². The van der Waals surface area contributed by atoms with Gasteiger partial charge in [-0.25, -0.2) is 0 Å². The molecule has 1 aliphatic rings. The minimum Gasteiger partial charge on any atom is -0.497 e. The predicted molar refractivity (Wildman–Crippen MR) is 60.9 cm³/mol. The van der Waals surface area contributed by atoms with Gasteiger partial charge in [0, 0.05) is 6.42 Å². The van der Waals surface area contributed by atoms with E-state index in [4.69, 9.17) is 13.5 Å². The maximum Gasteiger partial charge on any atom is 0.302 e. The molecule has 0 bridgehead atoms. The molecule has 5 nitrogen and oxygen atoms in total. The molecule has 2 unspecified atom stereocenters. The number of methoxy groups -OCH3 is 1. The molecule has 0 saturated heterocycles. The Kier molecular flexibility index (Phi) is 3.56. The molecule has 2 atom stereocenters. The van der Waals surface area contributed by atoms with Gasteiger partial charge in [-0.2, -0.15) is 4.21 Å². The largest absolute Gasteiger partial charge is 0.497 e. The summed E-state index contributed by atoms with van der Waals surface area (Å²) in [6.45, 7) is 0. The fourth-order valence-electron chi connectivity index (χ4n) is 1.92. The number of hydrogen-bond acceptors (Lipinski definition) is 4. The number of rotatable bonds is 3. The Morgan fingerprint density at radius 2 is 2.18 bits per heavy atom. The quantitative estimate of drug-likeness (QED) is 0.828. The Morgan fingerprint density at radius 1 is 1.41 bits per heavy atom. The van der Waals surface area contributed by atoms with Crippen LogP contribution in [0.3, 0.4) is 0 Å². The monoisotopic (exact) mass is 256 g/mol. The fourth-order valence-corrected chi connectivity index (χ4v) is 2.30. The number of carbonyl (C=O) groups excluding carboxylic acids is 1. The summed E-state index contributed by atoms with van der Waals surface area (Å²) in [6, 6.07) is 5.31. The first-order chi connectivity index (χ1) is 8.11. The Bertz CT molecular complexity index is 471. The van der Waals surface area contributed by atoms with Crippen LogP contribution in [0, 0.1) is 0 Å². The van der Waals surface area contributed by atoms with Crippen molar-refractivity contribution in [2.24, 2.45) is 0 Å². The zero-order valence-corrected chi connectivity index (χ0v) is 10.0. The zero-order valence-electron chi connectivity index (χ0n) is 9.21. The molecule has 0 aliphatic heterocycles. The first-order valence-corrected chi connectivity index (χ1v) is 6.12. The van der Waals surface area contributed by atoms with E-state index in [1.165, 1.54) is 7.11 Å². The van der Waals surface area contributed by atoms with Crippen LogP contribution in [0.2, 0.25) is 0 Å². The van der Waals surface area contributed by atoms with Gasteiger partial charge >= 0.3 is 11.4 Å². The minimum atomic E-state index is -2.46. The van der Waals surface area contributed by atoms with E-state index < -0.39 is 17.5 Å². The highest BCUT2D eigenvalue weighted by atomic mass is 32.2. The van der Waals surface area contributed by atoms with Crippen LogP contribution in [0.5, 0.6) is 5.75 Å². The SMILES string of the molecule is COc1ccc2c(c1)C(OS(=O)O)C(=O)CC2. The number of benzene rings is 1. The second-order valence-electron chi connectivity index (χ2n) is 3.72. The number of hydrogen-bond donors (Lipinski definition) is 1. The van der Waals surface area contributed by atoms with Gasteiger partial charge in [0.1, 0.15) is 5.75 Å². The summed E-state index contributed by atoms with van der Waals surface area (Å²) in [5.41, 5.74) is 1.56. The Balaban J connectivity index is 2.41. The highest BCUT2D eigenvalue weighted by Crippen LogP contribution is 2.33. The lowest BCUT2D eigenvalue weighted by Crippen LogP contribution is -2.23. The van der Waals surface area contributed by atoms with Gasteiger partial charge in [-0.15, -0.1) is 0 Å². The lowest BCUT2D eigenvalue weighted by Gasteiger charge is -2.23. The molecule has 1 aromatic rings. The molecular weight excluding hydrogens is 244 g/mol. The van der Waals surface area contributed by atoms with Crippen molar-refractivity contribution in [1.29, 1.82) is 0 Å². The third-order valence-electron chi connectivity index (χ3n) is 2.75. The number of aryl methyl sites for hydroxylation is 1. The van der Waals surface area contributed by atoms with Crippen molar-refractivity contribution < 1.29 is 22.5 Å². The average Bonchev–Trinajstić information content (AvgIpc) is 2.32. The molecule has 0 radical (unpaired) electrons. The summed E-state index contributed by atoms with van der Waals surface area (Å²) in [5, 5.41) is 0. The molecule has 1 aromatic carbocycles. The molecule has 0 amide bonds. The van der Waals surface area contributed by atoms with Gasteiger partial charge in [0.05, 0.1) is 7.11 Å². The van der Waals surface area contributed by atoms with E-state index >= 15 is 0 Å². The van der Waals surface area contributed by atoms with Crippen LogP contribution in [0.4, 0.5) is 0 Å². The van der Waals surface area contributed by atoms with Crippen molar-refractivity contribution in [2.75, 3.05) is 7.11 Å². The molecule has 92 valence electrons. The maximum absolute atomic E-state index is 11.7. The summed E-state index contributed by atoms with van der Waals surface area (Å²) < 4.78 is 29.2. The normalized spacial score (nSPS) is 20.8. The third-order valence-corrected chi connectivity index (χ3v) is 3.10. The summed E-state index contributed by atoms with van der Waals surface area (Å²) in [7, 11) is 1.52. The van der Waals surface area contributed by atoms with Crippen LogP contribution in [-0.2, 0) is 26.8 Å². The van der Waals surface area contributed by atoms with Crippen LogP contribution in [0.15, 0.2) is 18.2 Å². The van der Waals surface area contributed by atoms with Crippen LogP contribution in [0.1, 0.15) is 23.7 Å². The second-order valence-corrected chi connectivity index (χ2v) is 4.35. The Labute approximate surface area is 101 Å². The zero-order chi connectivity index (χ0) is 12.4. The van der Waals surface area contributed by atoms with Crippen molar-refractivity contribution >= 4 is 17.1 Å². The Hall–Kier alpha value is -1.24.